The van der Waals surface area contributed by atoms with Crippen LogP contribution in [-0.2, 0) is 4.74 Å². The fraction of sp³-hybridized carbons (Fsp3) is 0.400. The molecular weight excluding hydrogens is 196 g/mol. The normalized spacial score (nSPS) is 16.0. The molecule has 1 saturated heterocycles. The Balaban J connectivity index is 2.12. The van der Waals surface area contributed by atoms with Crippen LogP contribution in [0.5, 0.6) is 0 Å². The highest BCUT2D eigenvalue weighted by Gasteiger charge is 2.20. The van der Waals surface area contributed by atoms with E-state index in [1.165, 1.54) is 0 Å². The van der Waals surface area contributed by atoms with Gasteiger partial charge in [-0.15, -0.1) is 0 Å². The zero-order chi connectivity index (χ0) is 9.97. The number of aryl methyl sites for hydroxylation is 1. The Hall–Kier alpha value is -1.05. The van der Waals surface area contributed by atoms with Crippen molar-refractivity contribution in [3.63, 3.8) is 0 Å². The summed E-state index contributed by atoms with van der Waals surface area (Å²) in [4.78, 5) is 4.35. The molecule has 1 aromatic heterocycles. The number of nitrogens with zero attached hydrogens (tertiary/aromatic N) is 2. The van der Waals surface area contributed by atoms with E-state index < -0.39 is 0 Å². The molecule has 14 heavy (non-hydrogen) atoms. The van der Waals surface area contributed by atoms with Gasteiger partial charge >= 0.3 is 0 Å². The third-order valence-corrected chi connectivity index (χ3v) is 3.15. The van der Waals surface area contributed by atoms with Gasteiger partial charge in [-0.2, -0.15) is 5.26 Å². The molecule has 1 aliphatic heterocycles. The standard InChI is InChI=1S/C10H10N2OS/c1-7-8(4-11)2-3-10(12-7)14-9-5-13-6-9/h2-3,9H,5-6H2,1H3. The van der Waals surface area contributed by atoms with Gasteiger partial charge in [-0.3, -0.25) is 0 Å². The van der Waals surface area contributed by atoms with Crippen LogP contribution in [0.25, 0.3) is 0 Å². The summed E-state index contributed by atoms with van der Waals surface area (Å²) in [6.45, 7) is 3.48. The summed E-state index contributed by atoms with van der Waals surface area (Å²) in [5, 5.41) is 10.2. The Labute approximate surface area is 87.1 Å². The van der Waals surface area contributed by atoms with E-state index in [9.17, 15) is 0 Å². The van der Waals surface area contributed by atoms with Crippen LogP contribution in [0.2, 0.25) is 0 Å². The Morgan fingerprint density at radius 1 is 1.57 bits per heavy atom. The van der Waals surface area contributed by atoms with Gasteiger partial charge < -0.3 is 4.74 Å². The predicted octanol–water partition coefficient (Wildman–Crippen LogP) is 1.75. The van der Waals surface area contributed by atoms with Crippen molar-refractivity contribution >= 4 is 11.8 Å². The van der Waals surface area contributed by atoms with Crippen LogP contribution in [-0.4, -0.2) is 23.4 Å². The van der Waals surface area contributed by atoms with Gasteiger partial charge in [0.15, 0.2) is 0 Å². The molecule has 0 amide bonds. The zero-order valence-electron chi connectivity index (χ0n) is 7.86. The van der Waals surface area contributed by atoms with E-state index in [4.69, 9.17) is 10.00 Å². The van der Waals surface area contributed by atoms with E-state index in [0.717, 1.165) is 23.9 Å². The lowest BCUT2D eigenvalue weighted by Gasteiger charge is -2.24. The van der Waals surface area contributed by atoms with Crippen LogP contribution < -0.4 is 0 Å². The van der Waals surface area contributed by atoms with Crippen molar-refractivity contribution in [3.8, 4) is 6.07 Å². The molecule has 0 unspecified atom stereocenters. The zero-order valence-corrected chi connectivity index (χ0v) is 8.67. The van der Waals surface area contributed by atoms with Gasteiger partial charge in [-0.25, -0.2) is 4.98 Å². The van der Waals surface area contributed by atoms with Gasteiger partial charge in [0.2, 0.25) is 0 Å². The molecular formula is C10H10N2OS. The minimum absolute atomic E-state index is 0.537. The molecule has 0 saturated carbocycles. The van der Waals surface area contributed by atoms with E-state index >= 15 is 0 Å². The number of nitriles is 1. The first-order valence-electron chi connectivity index (χ1n) is 4.42. The lowest BCUT2D eigenvalue weighted by atomic mass is 10.2. The molecule has 0 bridgehead atoms. The third kappa shape index (κ3) is 1.89. The van der Waals surface area contributed by atoms with Crippen LogP contribution in [0, 0.1) is 18.3 Å². The van der Waals surface area contributed by atoms with Crippen molar-refractivity contribution in [3.05, 3.63) is 23.4 Å². The van der Waals surface area contributed by atoms with Crippen molar-refractivity contribution in [1.29, 1.82) is 5.26 Å². The highest BCUT2D eigenvalue weighted by atomic mass is 32.2. The average Bonchev–Trinajstić information content (AvgIpc) is 2.12. The molecule has 3 nitrogen and oxygen atoms in total. The molecule has 0 atom stereocenters. The Morgan fingerprint density at radius 2 is 2.36 bits per heavy atom. The van der Waals surface area contributed by atoms with Crippen molar-refractivity contribution in [2.75, 3.05) is 13.2 Å². The number of hydrogen-bond acceptors (Lipinski definition) is 4. The average molecular weight is 206 g/mol. The van der Waals surface area contributed by atoms with Gasteiger partial charge in [0.25, 0.3) is 0 Å². The van der Waals surface area contributed by atoms with Gasteiger partial charge in [-0.05, 0) is 19.1 Å². The molecule has 2 heterocycles. The van der Waals surface area contributed by atoms with Crippen molar-refractivity contribution in [2.24, 2.45) is 0 Å². The third-order valence-electron chi connectivity index (χ3n) is 2.08. The molecule has 0 N–H and O–H groups in total. The summed E-state index contributed by atoms with van der Waals surface area (Å²) in [5.41, 5.74) is 1.46. The van der Waals surface area contributed by atoms with Crippen molar-refractivity contribution < 1.29 is 4.74 Å². The second-order valence-corrected chi connectivity index (χ2v) is 4.49. The quantitative estimate of drug-likeness (QED) is 0.739. The lowest BCUT2D eigenvalue weighted by Crippen LogP contribution is -2.30. The molecule has 1 aliphatic rings. The topological polar surface area (TPSA) is 45.9 Å². The van der Waals surface area contributed by atoms with E-state index in [2.05, 4.69) is 11.1 Å². The predicted molar refractivity (Wildman–Crippen MR) is 54.2 cm³/mol. The lowest BCUT2D eigenvalue weighted by molar-refractivity contribution is 0.0454. The van der Waals surface area contributed by atoms with Gasteiger partial charge in [0, 0.05) is 0 Å². The van der Waals surface area contributed by atoms with Gasteiger partial charge in [-0.1, -0.05) is 11.8 Å². The molecule has 1 aromatic rings. The summed E-state index contributed by atoms with van der Waals surface area (Å²) >= 11 is 1.72. The molecule has 0 aromatic carbocycles. The van der Waals surface area contributed by atoms with Gasteiger partial charge in [0.1, 0.15) is 6.07 Å². The fourth-order valence-electron chi connectivity index (χ4n) is 1.17. The molecule has 72 valence electrons. The SMILES string of the molecule is Cc1nc(SC2COC2)ccc1C#N. The summed E-state index contributed by atoms with van der Waals surface area (Å²) in [7, 11) is 0. The highest BCUT2D eigenvalue weighted by Crippen LogP contribution is 2.26. The maximum Gasteiger partial charge on any atom is 0.101 e. The fourth-order valence-corrected chi connectivity index (χ4v) is 2.18. The van der Waals surface area contributed by atoms with Crippen molar-refractivity contribution in [1.82, 2.24) is 4.98 Å². The molecule has 1 fully saturated rings. The molecule has 0 radical (unpaired) electrons. The monoisotopic (exact) mass is 206 g/mol. The molecule has 0 spiro atoms. The summed E-state index contributed by atoms with van der Waals surface area (Å²) in [5.74, 6) is 0. The Bertz CT molecular complexity index is 382. The Kier molecular flexibility index (Phi) is 2.71. The largest absolute Gasteiger partial charge is 0.379 e. The number of ether oxygens (including phenoxy) is 1. The second-order valence-electron chi connectivity index (χ2n) is 3.17. The summed E-state index contributed by atoms with van der Waals surface area (Å²) < 4.78 is 5.08. The van der Waals surface area contributed by atoms with E-state index in [0.29, 0.717) is 10.8 Å². The molecule has 2 rings (SSSR count). The first-order chi connectivity index (χ1) is 6.79. The van der Waals surface area contributed by atoms with Crippen LogP contribution >= 0.6 is 11.8 Å². The van der Waals surface area contributed by atoms with Crippen LogP contribution in [0.3, 0.4) is 0 Å². The van der Waals surface area contributed by atoms with Crippen molar-refractivity contribution in [2.45, 2.75) is 17.2 Å². The van der Waals surface area contributed by atoms with E-state index in [1.807, 2.05) is 19.1 Å². The number of pyridine rings is 1. The van der Waals surface area contributed by atoms with Gasteiger partial charge in [0.05, 0.1) is 34.7 Å². The second kappa shape index (κ2) is 3.99. The first kappa shape index (κ1) is 9.50. The molecule has 0 aliphatic carbocycles. The number of rotatable bonds is 2. The Morgan fingerprint density at radius 3 is 2.86 bits per heavy atom. The smallest absolute Gasteiger partial charge is 0.101 e. The number of hydrogen-bond donors (Lipinski definition) is 0. The molecule has 4 heteroatoms. The van der Waals surface area contributed by atoms with Crippen LogP contribution in [0.15, 0.2) is 17.2 Å². The van der Waals surface area contributed by atoms with E-state index in [1.54, 1.807) is 11.8 Å². The minimum Gasteiger partial charge on any atom is -0.379 e. The summed E-state index contributed by atoms with van der Waals surface area (Å²) in [6, 6.07) is 5.83. The van der Waals surface area contributed by atoms with E-state index in [-0.39, 0.29) is 0 Å². The first-order valence-corrected chi connectivity index (χ1v) is 5.29. The van der Waals surface area contributed by atoms with Crippen LogP contribution in [0.4, 0.5) is 0 Å². The van der Waals surface area contributed by atoms with Crippen LogP contribution in [0.1, 0.15) is 11.3 Å². The minimum atomic E-state index is 0.537. The number of thioether (sulfide) groups is 1. The maximum absolute atomic E-state index is 8.73. The maximum atomic E-state index is 8.73. The highest BCUT2D eigenvalue weighted by molar-refractivity contribution is 8.00. The number of aromatic nitrogens is 1. The summed E-state index contributed by atoms with van der Waals surface area (Å²) in [6.07, 6.45) is 0.